The topological polar surface area (TPSA) is 20.1 Å². The molecular weight excluding hydrogens is 408 g/mol. The Morgan fingerprint density at radius 2 is 1.80 bits per heavy atom. The summed E-state index contributed by atoms with van der Waals surface area (Å²) >= 11 is 3.56. The van der Waals surface area contributed by atoms with Crippen LogP contribution in [0.4, 0.5) is 8.78 Å². The van der Waals surface area contributed by atoms with Crippen molar-refractivity contribution in [3.05, 3.63) is 33.8 Å². The largest absolute Gasteiger partial charge is 0.248 e. The first kappa shape index (κ1) is 18.1. The first-order valence-corrected chi connectivity index (χ1v) is 10.8. The molecule has 1 saturated heterocycles. The molecule has 2 fully saturated rings. The van der Waals surface area contributed by atoms with Crippen LogP contribution in [0.15, 0.2) is 22.7 Å². The van der Waals surface area contributed by atoms with Crippen LogP contribution in [-0.2, 0) is 22.9 Å². The lowest BCUT2D eigenvalue weighted by atomic mass is 9.65. The van der Waals surface area contributed by atoms with E-state index in [1.165, 1.54) is 11.1 Å². The third kappa shape index (κ3) is 2.58. The van der Waals surface area contributed by atoms with Crippen molar-refractivity contribution >= 4 is 26.9 Å². The quantitative estimate of drug-likeness (QED) is 0.561. The van der Waals surface area contributed by atoms with Crippen molar-refractivity contribution in [2.24, 2.45) is 5.41 Å². The molecule has 25 heavy (non-hydrogen) atoms. The zero-order chi connectivity index (χ0) is 18.3. The molecule has 0 aromatic heterocycles. The summed E-state index contributed by atoms with van der Waals surface area (Å²) < 4.78 is 43.6. The van der Waals surface area contributed by atoms with Crippen molar-refractivity contribution in [3.8, 4) is 0 Å². The summed E-state index contributed by atoms with van der Waals surface area (Å²) in [6, 6.07) is 6.26. The molecule has 1 heterocycles. The van der Waals surface area contributed by atoms with Crippen LogP contribution in [0.1, 0.15) is 57.6 Å². The molecule has 1 aliphatic heterocycles. The van der Waals surface area contributed by atoms with Gasteiger partial charge in [-0.1, -0.05) is 22.0 Å². The van der Waals surface area contributed by atoms with Crippen LogP contribution in [0.5, 0.6) is 0 Å². The number of hydrogen-bond acceptors (Lipinski definition) is 1. The fraction of sp³-hybridized carbons (Fsp3) is 0.684. The van der Waals surface area contributed by atoms with Crippen molar-refractivity contribution in [2.45, 2.75) is 69.1 Å². The van der Waals surface area contributed by atoms with Crippen molar-refractivity contribution in [1.82, 2.24) is 4.31 Å². The molecule has 0 N–H and O–H groups in total. The van der Waals surface area contributed by atoms with Crippen molar-refractivity contribution < 1.29 is 13.0 Å². The van der Waals surface area contributed by atoms with Crippen LogP contribution in [0.3, 0.4) is 0 Å². The number of alkyl halides is 2. The Bertz CT molecular complexity index is 750. The summed E-state index contributed by atoms with van der Waals surface area (Å²) in [6.07, 6.45) is 1.72. The fourth-order valence-corrected chi connectivity index (χ4v) is 6.83. The van der Waals surface area contributed by atoms with Gasteiger partial charge in [-0.05, 0) is 68.7 Å². The van der Waals surface area contributed by atoms with Crippen molar-refractivity contribution in [1.29, 1.82) is 0 Å². The predicted molar refractivity (Wildman–Crippen MR) is 100.0 cm³/mol. The second kappa shape index (κ2) is 5.35. The maximum absolute atomic E-state index is 13.9. The highest BCUT2D eigenvalue weighted by molar-refractivity contribution is 9.10. The van der Waals surface area contributed by atoms with Crippen LogP contribution in [0, 0.1) is 5.41 Å². The number of nitrogens with zero attached hydrogens (tertiary/aromatic N) is 1. The predicted octanol–water partition coefficient (Wildman–Crippen LogP) is 5.17. The Balaban J connectivity index is 1.79. The molecule has 0 bridgehead atoms. The summed E-state index contributed by atoms with van der Waals surface area (Å²) in [5.74, 6) is -2.55. The SMILES string of the molecule is CC(C)(C)S(=O)N1CC12c1cc(Br)ccc1CC21CCC(F)(F)CC1. The van der Waals surface area contributed by atoms with Crippen LogP contribution in [0.25, 0.3) is 0 Å². The van der Waals surface area contributed by atoms with Gasteiger partial charge < -0.3 is 0 Å². The first-order chi connectivity index (χ1) is 11.5. The minimum atomic E-state index is -2.55. The van der Waals surface area contributed by atoms with E-state index >= 15 is 0 Å². The van der Waals surface area contributed by atoms with Crippen LogP contribution in [-0.4, -0.2) is 25.7 Å². The molecule has 2 nitrogen and oxygen atoms in total. The fourth-order valence-electron chi connectivity index (χ4n) is 4.92. The van der Waals surface area contributed by atoms with Crippen LogP contribution >= 0.6 is 15.9 Å². The molecule has 0 amide bonds. The van der Waals surface area contributed by atoms with E-state index in [1.54, 1.807) is 0 Å². The molecular formula is C19H24BrF2NOS. The van der Waals surface area contributed by atoms with E-state index in [4.69, 9.17) is 0 Å². The smallest absolute Gasteiger partial charge is 0.242 e. The van der Waals surface area contributed by atoms with Gasteiger partial charge in [0.2, 0.25) is 5.92 Å². The maximum Gasteiger partial charge on any atom is 0.248 e. The van der Waals surface area contributed by atoms with E-state index in [0.717, 1.165) is 10.9 Å². The highest BCUT2D eigenvalue weighted by Gasteiger charge is 2.73. The Morgan fingerprint density at radius 1 is 1.16 bits per heavy atom. The molecule has 3 unspecified atom stereocenters. The van der Waals surface area contributed by atoms with Crippen molar-refractivity contribution in [2.75, 3.05) is 6.54 Å². The molecule has 3 atom stereocenters. The molecule has 2 aliphatic carbocycles. The van der Waals surface area contributed by atoms with Gasteiger partial charge in [-0.15, -0.1) is 0 Å². The highest BCUT2D eigenvalue weighted by atomic mass is 79.9. The first-order valence-electron chi connectivity index (χ1n) is 8.87. The van der Waals surface area contributed by atoms with Crippen LogP contribution < -0.4 is 0 Å². The summed E-state index contributed by atoms with van der Waals surface area (Å²) in [6.45, 7) is 6.65. The minimum Gasteiger partial charge on any atom is -0.242 e. The summed E-state index contributed by atoms with van der Waals surface area (Å²) in [5.41, 5.74) is 1.89. The Labute approximate surface area is 159 Å². The zero-order valence-electron chi connectivity index (χ0n) is 14.9. The molecule has 1 saturated carbocycles. The second-order valence-corrected chi connectivity index (χ2v) is 12.0. The van der Waals surface area contributed by atoms with E-state index in [2.05, 4.69) is 32.4 Å². The molecule has 2 spiro atoms. The lowest BCUT2D eigenvalue weighted by molar-refractivity contribution is -0.0756. The third-order valence-electron chi connectivity index (χ3n) is 6.28. The monoisotopic (exact) mass is 431 g/mol. The summed E-state index contributed by atoms with van der Waals surface area (Å²) in [4.78, 5) is 0. The average molecular weight is 432 g/mol. The Hall–Kier alpha value is -0.330. The van der Waals surface area contributed by atoms with Gasteiger partial charge in [0.15, 0.2) is 0 Å². The molecule has 1 aromatic carbocycles. The number of fused-ring (bicyclic) bond motifs is 3. The third-order valence-corrected chi connectivity index (χ3v) is 8.66. The summed E-state index contributed by atoms with van der Waals surface area (Å²) in [7, 11) is -1.14. The Morgan fingerprint density at radius 3 is 2.40 bits per heavy atom. The standard InChI is InChI=1S/C19H24BrF2NOS/c1-16(2,3)25(24)23-12-19(23)15-10-14(20)5-4-13(15)11-17(19)6-8-18(21,22)9-7-17/h4-5,10H,6-9,11-12H2,1-3H3. The van der Waals surface area contributed by atoms with E-state index in [-0.39, 0.29) is 28.5 Å². The van der Waals surface area contributed by atoms with Gasteiger partial charge in [-0.3, -0.25) is 0 Å². The zero-order valence-corrected chi connectivity index (χ0v) is 17.3. The normalized spacial score (nSPS) is 33.4. The highest BCUT2D eigenvalue weighted by Crippen LogP contribution is 2.69. The van der Waals surface area contributed by atoms with Gasteiger partial charge in [0.25, 0.3) is 0 Å². The molecule has 4 rings (SSSR count). The van der Waals surface area contributed by atoms with E-state index in [9.17, 15) is 13.0 Å². The van der Waals surface area contributed by atoms with E-state index in [1.807, 2.05) is 26.8 Å². The van der Waals surface area contributed by atoms with Gasteiger partial charge in [-0.2, -0.15) is 0 Å². The number of hydrogen-bond donors (Lipinski definition) is 0. The molecule has 6 heteroatoms. The second-order valence-electron chi connectivity index (χ2n) is 8.87. The maximum atomic E-state index is 13.9. The number of benzene rings is 1. The summed E-state index contributed by atoms with van der Waals surface area (Å²) in [5, 5.41) is 0. The van der Waals surface area contributed by atoms with Gasteiger partial charge in [-0.25, -0.2) is 17.3 Å². The minimum absolute atomic E-state index is 0.0557. The average Bonchev–Trinajstić information content (AvgIpc) is 3.20. The van der Waals surface area contributed by atoms with E-state index < -0.39 is 16.9 Å². The Kier molecular flexibility index (Phi) is 3.87. The lowest BCUT2D eigenvalue weighted by Gasteiger charge is -2.42. The van der Waals surface area contributed by atoms with Crippen molar-refractivity contribution in [3.63, 3.8) is 0 Å². The van der Waals surface area contributed by atoms with Gasteiger partial charge in [0, 0.05) is 23.9 Å². The van der Waals surface area contributed by atoms with Gasteiger partial charge in [0.05, 0.1) is 10.3 Å². The molecule has 0 radical (unpaired) electrons. The van der Waals surface area contributed by atoms with E-state index in [0.29, 0.717) is 19.4 Å². The van der Waals surface area contributed by atoms with Crippen LogP contribution in [0.2, 0.25) is 0 Å². The van der Waals surface area contributed by atoms with Gasteiger partial charge in [0.1, 0.15) is 11.0 Å². The number of halogens is 3. The molecule has 1 aromatic rings. The van der Waals surface area contributed by atoms with Gasteiger partial charge >= 0.3 is 0 Å². The molecule has 3 aliphatic rings. The molecule has 138 valence electrons. The lowest BCUT2D eigenvalue weighted by Crippen LogP contribution is -2.44. The number of rotatable bonds is 1.